The van der Waals surface area contributed by atoms with Gasteiger partial charge < -0.3 is 18.9 Å². The molecule has 0 atom stereocenters. The maximum absolute atomic E-state index is 13.3. The van der Waals surface area contributed by atoms with Crippen molar-refractivity contribution in [2.24, 2.45) is 11.3 Å². The highest BCUT2D eigenvalue weighted by Gasteiger charge is 2.56. The molecular weight excluding hydrogens is 389 g/mol. The number of benzene rings is 1. The highest BCUT2D eigenvalue weighted by atomic mass is 19.2. The predicted molar refractivity (Wildman–Crippen MR) is 95.4 cm³/mol. The Bertz CT molecular complexity index is 728. The largest absolute Gasteiger partial charge is 0.459 e. The average Bonchev–Trinajstić information content (AvgIpc) is 2.73. The Labute approximate surface area is 167 Å². The van der Waals surface area contributed by atoms with E-state index in [-0.39, 0.29) is 16.9 Å². The second-order valence-electron chi connectivity index (χ2n) is 8.35. The normalized spacial score (nSPS) is 34.2. The smallest absolute Gasteiger partial charge is 0.338 e. The van der Waals surface area contributed by atoms with Crippen LogP contribution in [0.1, 0.15) is 55.8 Å². The van der Waals surface area contributed by atoms with Crippen molar-refractivity contribution in [1.82, 2.24) is 0 Å². The van der Waals surface area contributed by atoms with E-state index in [1.165, 1.54) is 0 Å². The molecule has 3 saturated heterocycles. The van der Waals surface area contributed by atoms with Crippen LogP contribution in [0, 0.1) is 28.8 Å². The highest BCUT2D eigenvalue weighted by molar-refractivity contribution is 5.89. The molecule has 0 aromatic heterocycles. The van der Waals surface area contributed by atoms with E-state index in [1.807, 2.05) is 0 Å². The average molecular weight is 414 g/mol. The Morgan fingerprint density at radius 1 is 1.03 bits per heavy atom. The number of hydrogen-bond acceptors (Lipinski definition) is 5. The van der Waals surface area contributed by atoms with Crippen LogP contribution in [0.5, 0.6) is 0 Å². The van der Waals surface area contributed by atoms with Crippen LogP contribution < -0.4 is 0 Å². The van der Waals surface area contributed by atoms with Crippen molar-refractivity contribution >= 4 is 5.97 Å². The Morgan fingerprint density at radius 2 is 1.59 bits per heavy atom. The number of rotatable bonds is 5. The number of esters is 1. The fourth-order valence-electron chi connectivity index (χ4n) is 4.54. The number of fused-ring (bicyclic) bond motifs is 3. The molecular formula is C21H25F3O5. The predicted octanol–water partition coefficient (Wildman–Crippen LogP) is 4.34. The van der Waals surface area contributed by atoms with Gasteiger partial charge in [0.2, 0.25) is 0 Å². The molecule has 5 rings (SSSR count). The fourth-order valence-corrected chi connectivity index (χ4v) is 4.54. The minimum Gasteiger partial charge on any atom is -0.459 e. The molecule has 0 spiro atoms. The SMILES string of the molecule is CCCC12COC(C3CCC(OC(=O)c4cc(F)c(F)c(F)c4)CC3)(OC1)OC2. The van der Waals surface area contributed by atoms with Crippen LogP contribution in [-0.4, -0.2) is 37.9 Å². The van der Waals surface area contributed by atoms with Gasteiger partial charge in [-0.15, -0.1) is 0 Å². The molecule has 3 heterocycles. The quantitative estimate of drug-likeness (QED) is 0.530. The molecule has 160 valence electrons. The van der Waals surface area contributed by atoms with Crippen LogP contribution >= 0.6 is 0 Å². The summed E-state index contributed by atoms with van der Waals surface area (Å²) in [6.07, 6.45) is 4.10. The van der Waals surface area contributed by atoms with Crippen LogP contribution in [0.3, 0.4) is 0 Å². The van der Waals surface area contributed by atoms with Gasteiger partial charge in [0.1, 0.15) is 6.10 Å². The molecule has 1 aromatic rings. The summed E-state index contributed by atoms with van der Waals surface area (Å²) < 4.78 is 63.1. The van der Waals surface area contributed by atoms with Gasteiger partial charge >= 0.3 is 5.97 Å². The molecule has 1 aliphatic carbocycles. The van der Waals surface area contributed by atoms with Crippen LogP contribution in [0.25, 0.3) is 0 Å². The second kappa shape index (κ2) is 7.89. The maximum Gasteiger partial charge on any atom is 0.338 e. The Hall–Kier alpha value is -1.64. The Kier molecular flexibility index (Phi) is 5.61. The maximum atomic E-state index is 13.3. The van der Waals surface area contributed by atoms with Crippen molar-refractivity contribution < 1.29 is 36.9 Å². The van der Waals surface area contributed by atoms with Crippen molar-refractivity contribution in [3.63, 3.8) is 0 Å². The molecule has 4 aliphatic rings. The summed E-state index contributed by atoms with van der Waals surface area (Å²) >= 11 is 0. The van der Waals surface area contributed by atoms with Gasteiger partial charge in [0.25, 0.3) is 5.97 Å². The lowest BCUT2D eigenvalue weighted by molar-refractivity contribution is -0.488. The van der Waals surface area contributed by atoms with E-state index in [1.54, 1.807) is 0 Å². The van der Waals surface area contributed by atoms with Gasteiger partial charge in [-0.3, -0.25) is 0 Å². The zero-order chi connectivity index (χ0) is 20.6. The third kappa shape index (κ3) is 3.90. The number of halogens is 3. The molecule has 0 amide bonds. The minimum absolute atomic E-state index is 0.0260. The molecule has 2 bridgehead atoms. The minimum atomic E-state index is -1.61. The van der Waals surface area contributed by atoms with Gasteiger partial charge in [0.15, 0.2) is 17.5 Å². The van der Waals surface area contributed by atoms with Crippen LogP contribution in [0.4, 0.5) is 13.2 Å². The number of carbonyl (C=O) groups excluding carboxylic acids is 1. The molecule has 1 aromatic carbocycles. The zero-order valence-electron chi connectivity index (χ0n) is 16.3. The van der Waals surface area contributed by atoms with E-state index in [9.17, 15) is 18.0 Å². The van der Waals surface area contributed by atoms with E-state index in [0.717, 1.165) is 12.8 Å². The van der Waals surface area contributed by atoms with Crippen molar-refractivity contribution in [3.05, 3.63) is 35.1 Å². The number of ether oxygens (including phenoxy) is 4. The van der Waals surface area contributed by atoms with E-state index in [0.29, 0.717) is 57.6 Å². The van der Waals surface area contributed by atoms with Crippen molar-refractivity contribution in [2.45, 2.75) is 57.5 Å². The van der Waals surface area contributed by atoms with Crippen LogP contribution in [-0.2, 0) is 18.9 Å². The first-order chi connectivity index (χ1) is 13.9. The van der Waals surface area contributed by atoms with Gasteiger partial charge in [0, 0.05) is 11.3 Å². The zero-order valence-corrected chi connectivity index (χ0v) is 16.3. The standard InChI is InChI=1S/C21H25F3O5/c1-2-7-20-10-26-21(27-11-20,28-12-20)14-3-5-15(6-4-14)29-19(25)13-8-16(22)18(24)17(23)9-13/h8-9,14-15H,2-7,10-12H2,1H3. The van der Waals surface area contributed by atoms with E-state index in [2.05, 4.69) is 6.92 Å². The molecule has 0 radical (unpaired) electrons. The molecule has 0 N–H and O–H groups in total. The van der Waals surface area contributed by atoms with Crippen molar-refractivity contribution in [1.29, 1.82) is 0 Å². The van der Waals surface area contributed by atoms with E-state index >= 15 is 0 Å². The van der Waals surface area contributed by atoms with Gasteiger partial charge in [-0.2, -0.15) is 0 Å². The van der Waals surface area contributed by atoms with Gasteiger partial charge in [-0.25, -0.2) is 18.0 Å². The molecule has 5 nitrogen and oxygen atoms in total. The third-order valence-corrected chi connectivity index (χ3v) is 6.19. The lowest BCUT2D eigenvalue weighted by atomic mass is 9.80. The first-order valence-corrected chi connectivity index (χ1v) is 10.1. The molecule has 1 saturated carbocycles. The summed E-state index contributed by atoms with van der Waals surface area (Å²) in [6.45, 7) is 3.99. The summed E-state index contributed by atoms with van der Waals surface area (Å²) in [7, 11) is 0. The number of hydrogen-bond donors (Lipinski definition) is 0. The van der Waals surface area contributed by atoms with Gasteiger partial charge in [0.05, 0.1) is 25.4 Å². The number of carbonyl (C=O) groups is 1. The summed E-state index contributed by atoms with van der Waals surface area (Å²) in [4.78, 5) is 12.2. The third-order valence-electron chi connectivity index (χ3n) is 6.19. The van der Waals surface area contributed by atoms with E-state index in [4.69, 9.17) is 18.9 Å². The lowest BCUT2D eigenvalue weighted by Gasteiger charge is -2.55. The lowest BCUT2D eigenvalue weighted by Crippen LogP contribution is -2.63. The molecule has 8 heteroatoms. The monoisotopic (exact) mass is 414 g/mol. The highest BCUT2D eigenvalue weighted by Crippen LogP contribution is 2.48. The summed E-state index contributed by atoms with van der Waals surface area (Å²) in [6, 6.07) is 1.29. The fraction of sp³-hybridized carbons (Fsp3) is 0.667. The van der Waals surface area contributed by atoms with Crippen LogP contribution in [0.2, 0.25) is 0 Å². The first kappa shape index (κ1) is 20.6. The molecule has 3 aliphatic heterocycles. The van der Waals surface area contributed by atoms with Crippen LogP contribution in [0.15, 0.2) is 12.1 Å². The first-order valence-electron chi connectivity index (χ1n) is 10.1. The summed E-state index contributed by atoms with van der Waals surface area (Å²) in [5, 5.41) is 0. The van der Waals surface area contributed by atoms with Gasteiger partial charge in [-0.1, -0.05) is 13.3 Å². The summed E-state index contributed by atoms with van der Waals surface area (Å²) in [5.74, 6) is -6.30. The Balaban J connectivity index is 1.32. The molecule has 29 heavy (non-hydrogen) atoms. The van der Waals surface area contributed by atoms with Gasteiger partial charge in [-0.05, 0) is 44.2 Å². The molecule has 4 fully saturated rings. The van der Waals surface area contributed by atoms with E-state index < -0.39 is 35.5 Å². The Morgan fingerprint density at radius 3 is 2.10 bits per heavy atom. The van der Waals surface area contributed by atoms with Crippen molar-refractivity contribution in [3.8, 4) is 0 Å². The second-order valence-corrected chi connectivity index (χ2v) is 8.35. The molecule has 0 unspecified atom stereocenters. The summed E-state index contributed by atoms with van der Waals surface area (Å²) in [5.41, 5.74) is -0.396. The van der Waals surface area contributed by atoms with Crippen molar-refractivity contribution in [2.75, 3.05) is 19.8 Å². The topological polar surface area (TPSA) is 54.0 Å².